The highest BCUT2D eigenvalue weighted by Crippen LogP contribution is 2.38. The Balaban J connectivity index is 1.26. The molecular formula is C35H38N2O6. The smallest absolute Gasteiger partial charge is 0.251 e. The molecule has 4 N–H and O–H groups in total. The van der Waals surface area contributed by atoms with E-state index in [9.17, 15) is 20.1 Å². The second-order valence-electron chi connectivity index (χ2n) is 11.0. The van der Waals surface area contributed by atoms with Crippen LogP contribution in [0.4, 0.5) is 0 Å². The summed E-state index contributed by atoms with van der Waals surface area (Å²) in [5.41, 5.74) is 4.92. The number of amides is 1. The third kappa shape index (κ3) is 8.28. The molecule has 0 aliphatic carbocycles. The number of likely N-dealkylation sites (N-methyl/N-ethyl adjacent to an activating group) is 1. The SMILES string of the molecule is CN(CC1CC(c2ccc(CO)cc2)OC(c2ccc(CNC(=O)c3ccccc3)cc2)O1)CC(O)c1cccc(O)c1. The summed E-state index contributed by atoms with van der Waals surface area (Å²) in [5, 5.41) is 33.0. The molecule has 43 heavy (non-hydrogen) atoms. The maximum absolute atomic E-state index is 12.4. The van der Waals surface area contributed by atoms with Gasteiger partial charge in [0.25, 0.3) is 5.91 Å². The van der Waals surface area contributed by atoms with E-state index in [1.165, 1.54) is 0 Å². The van der Waals surface area contributed by atoms with E-state index in [-0.39, 0.29) is 30.5 Å². The molecular weight excluding hydrogens is 544 g/mol. The molecule has 4 aromatic rings. The highest BCUT2D eigenvalue weighted by Gasteiger charge is 2.33. The first-order valence-corrected chi connectivity index (χ1v) is 14.5. The van der Waals surface area contributed by atoms with E-state index in [2.05, 4.69) is 5.32 Å². The lowest BCUT2D eigenvalue weighted by molar-refractivity contribution is -0.252. The number of carbonyl (C=O) groups excluding carboxylic acids is 1. The number of nitrogens with one attached hydrogen (secondary N) is 1. The van der Waals surface area contributed by atoms with Crippen LogP contribution < -0.4 is 5.32 Å². The van der Waals surface area contributed by atoms with Crippen molar-refractivity contribution in [3.63, 3.8) is 0 Å². The summed E-state index contributed by atoms with van der Waals surface area (Å²) in [4.78, 5) is 14.5. The number of carbonyl (C=O) groups is 1. The summed E-state index contributed by atoms with van der Waals surface area (Å²) in [6, 6.07) is 31.4. The molecule has 0 bridgehead atoms. The molecule has 0 aromatic heterocycles. The fourth-order valence-electron chi connectivity index (χ4n) is 5.25. The molecule has 0 spiro atoms. The number of hydrogen-bond acceptors (Lipinski definition) is 7. The van der Waals surface area contributed by atoms with Gasteiger partial charge in [0.05, 0.1) is 24.9 Å². The van der Waals surface area contributed by atoms with E-state index in [0.717, 1.165) is 22.3 Å². The van der Waals surface area contributed by atoms with Crippen molar-refractivity contribution < 1.29 is 29.6 Å². The van der Waals surface area contributed by atoms with Gasteiger partial charge in [-0.15, -0.1) is 0 Å². The average molecular weight is 583 g/mol. The molecule has 0 saturated carbocycles. The van der Waals surface area contributed by atoms with Gasteiger partial charge in [0, 0.05) is 37.2 Å². The third-order valence-corrected chi connectivity index (χ3v) is 7.61. The summed E-state index contributed by atoms with van der Waals surface area (Å²) in [5.74, 6) is -0.00529. The molecule has 4 aromatic carbocycles. The maximum atomic E-state index is 12.4. The number of hydrogen-bond donors (Lipinski definition) is 4. The monoisotopic (exact) mass is 582 g/mol. The van der Waals surface area contributed by atoms with Crippen molar-refractivity contribution in [3.05, 3.63) is 137 Å². The molecule has 1 amide bonds. The van der Waals surface area contributed by atoms with Gasteiger partial charge in [-0.25, -0.2) is 0 Å². The standard InChI is InChI=1S/C35H38N2O6/c1-37(22-32(40)29-8-5-9-30(39)18-29)21-31-19-33(26-14-12-25(23-38)13-15-26)43-35(42-31)28-16-10-24(11-17-28)20-36-34(41)27-6-3-2-4-7-27/h2-18,31-33,35,38-40H,19-23H2,1H3,(H,36,41). The summed E-state index contributed by atoms with van der Waals surface area (Å²) >= 11 is 0. The first-order chi connectivity index (χ1) is 20.9. The molecule has 1 saturated heterocycles. The number of aliphatic hydroxyl groups excluding tert-OH is 2. The topological polar surface area (TPSA) is 111 Å². The molecule has 8 nitrogen and oxygen atoms in total. The van der Waals surface area contributed by atoms with Crippen molar-refractivity contribution in [2.45, 2.75) is 44.2 Å². The lowest BCUT2D eigenvalue weighted by Gasteiger charge is -2.38. The minimum atomic E-state index is -0.760. The lowest BCUT2D eigenvalue weighted by Crippen LogP contribution is -2.39. The quantitative estimate of drug-likeness (QED) is 0.196. The first kappa shape index (κ1) is 30.4. The number of benzene rings is 4. The number of phenols is 1. The molecule has 4 atom stereocenters. The zero-order chi connectivity index (χ0) is 30.2. The van der Waals surface area contributed by atoms with Crippen molar-refractivity contribution in [2.24, 2.45) is 0 Å². The number of nitrogens with zero attached hydrogens (tertiary/aromatic N) is 1. The van der Waals surface area contributed by atoms with Crippen LogP contribution in [0.25, 0.3) is 0 Å². The third-order valence-electron chi connectivity index (χ3n) is 7.61. The Labute approximate surface area is 252 Å². The van der Waals surface area contributed by atoms with Gasteiger partial charge in [0.2, 0.25) is 0 Å². The van der Waals surface area contributed by atoms with Crippen LogP contribution in [0.2, 0.25) is 0 Å². The Morgan fingerprint density at radius 3 is 2.30 bits per heavy atom. The lowest BCUT2D eigenvalue weighted by atomic mass is 9.99. The molecule has 5 rings (SSSR count). The van der Waals surface area contributed by atoms with Gasteiger partial charge in [0.1, 0.15) is 5.75 Å². The van der Waals surface area contributed by atoms with Crippen LogP contribution in [-0.2, 0) is 22.6 Å². The normalized spacial score (nSPS) is 19.2. The van der Waals surface area contributed by atoms with E-state index < -0.39 is 12.4 Å². The molecule has 1 heterocycles. The van der Waals surface area contributed by atoms with Crippen molar-refractivity contribution >= 4 is 5.91 Å². The van der Waals surface area contributed by atoms with Crippen LogP contribution in [0.5, 0.6) is 5.75 Å². The van der Waals surface area contributed by atoms with Crippen LogP contribution in [-0.4, -0.2) is 52.4 Å². The summed E-state index contributed by atoms with van der Waals surface area (Å²) < 4.78 is 12.9. The van der Waals surface area contributed by atoms with Crippen LogP contribution >= 0.6 is 0 Å². The van der Waals surface area contributed by atoms with E-state index in [1.54, 1.807) is 36.4 Å². The second-order valence-corrected chi connectivity index (χ2v) is 11.0. The van der Waals surface area contributed by atoms with Gasteiger partial charge in [-0.1, -0.05) is 78.9 Å². The van der Waals surface area contributed by atoms with Crippen molar-refractivity contribution in [1.29, 1.82) is 0 Å². The fourth-order valence-corrected chi connectivity index (χ4v) is 5.25. The largest absolute Gasteiger partial charge is 0.508 e. The van der Waals surface area contributed by atoms with E-state index in [4.69, 9.17) is 9.47 Å². The van der Waals surface area contributed by atoms with Crippen molar-refractivity contribution in [2.75, 3.05) is 20.1 Å². The van der Waals surface area contributed by atoms with E-state index >= 15 is 0 Å². The molecule has 1 aliphatic heterocycles. The van der Waals surface area contributed by atoms with Gasteiger partial charge in [-0.3, -0.25) is 4.79 Å². The number of aliphatic hydroxyl groups is 2. The molecule has 1 aliphatic rings. The van der Waals surface area contributed by atoms with Crippen molar-refractivity contribution in [3.8, 4) is 5.75 Å². The Morgan fingerprint density at radius 1 is 0.907 bits per heavy atom. The Bertz CT molecular complexity index is 1460. The van der Waals surface area contributed by atoms with Crippen LogP contribution in [0.3, 0.4) is 0 Å². The predicted molar refractivity (Wildman–Crippen MR) is 163 cm³/mol. The van der Waals surface area contributed by atoms with Gasteiger partial charge in [0.15, 0.2) is 6.29 Å². The predicted octanol–water partition coefficient (Wildman–Crippen LogP) is 5.03. The molecule has 4 unspecified atom stereocenters. The molecule has 224 valence electrons. The summed E-state index contributed by atoms with van der Waals surface area (Å²) in [6.07, 6.45) is -1.17. The summed E-state index contributed by atoms with van der Waals surface area (Å²) in [7, 11) is 1.93. The highest BCUT2D eigenvalue weighted by molar-refractivity contribution is 5.94. The van der Waals surface area contributed by atoms with Gasteiger partial charge in [-0.2, -0.15) is 0 Å². The minimum absolute atomic E-state index is 0.0232. The number of phenolic OH excluding ortho intramolecular Hbond substituents is 1. The van der Waals surface area contributed by atoms with Crippen LogP contribution in [0.15, 0.2) is 103 Å². The first-order valence-electron chi connectivity index (χ1n) is 14.5. The van der Waals surface area contributed by atoms with Gasteiger partial charge >= 0.3 is 0 Å². The zero-order valence-corrected chi connectivity index (χ0v) is 24.2. The van der Waals surface area contributed by atoms with Crippen LogP contribution in [0.1, 0.15) is 63.1 Å². The van der Waals surface area contributed by atoms with Gasteiger partial charge < -0.3 is 35.0 Å². The molecule has 8 heteroatoms. The number of aromatic hydroxyl groups is 1. The Kier molecular flexibility index (Phi) is 10.2. The second kappa shape index (κ2) is 14.4. The van der Waals surface area contributed by atoms with Gasteiger partial charge in [-0.05, 0) is 53.6 Å². The fraction of sp³-hybridized carbons (Fsp3) is 0.286. The maximum Gasteiger partial charge on any atom is 0.251 e. The average Bonchev–Trinajstić information content (AvgIpc) is 3.04. The van der Waals surface area contributed by atoms with E-state index in [0.29, 0.717) is 37.2 Å². The zero-order valence-electron chi connectivity index (χ0n) is 24.2. The summed E-state index contributed by atoms with van der Waals surface area (Å²) in [6.45, 7) is 1.30. The number of ether oxygens (including phenoxy) is 2. The Hall–Kier alpha value is -4.05. The highest BCUT2D eigenvalue weighted by atomic mass is 16.7. The minimum Gasteiger partial charge on any atom is -0.508 e. The molecule has 0 radical (unpaired) electrons. The molecule has 1 fully saturated rings. The van der Waals surface area contributed by atoms with Crippen LogP contribution in [0, 0.1) is 0 Å². The van der Waals surface area contributed by atoms with E-state index in [1.807, 2.05) is 78.7 Å². The number of rotatable bonds is 11. The van der Waals surface area contributed by atoms with Crippen molar-refractivity contribution in [1.82, 2.24) is 10.2 Å². The Morgan fingerprint density at radius 2 is 1.60 bits per heavy atom.